The van der Waals surface area contributed by atoms with Crippen molar-refractivity contribution in [3.8, 4) is 0 Å². The molecule has 3 aliphatic rings. The Morgan fingerprint density at radius 2 is 1.53 bits per heavy atom. The molecule has 2 aromatic heterocycles. The Labute approximate surface area is 337 Å². The van der Waals surface area contributed by atoms with Crippen LogP contribution in [0.15, 0.2) is 67.1 Å². The number of halogens is 7. The molecule has 2 atom stereocenters. The Bertz CT molecular complexity index is 1990. The lowest BCUT2D eigenvalue weighted by Crippen LogP contribution is -2.39. The summed E-state index contributed by atoms with van der Waals surface area (Å²) >= 11 is 6.71. The number of aliphatic hydroxyl groups is 1. The van der Waals surface area contributed by atoms with E-state index in [1.165, 1.54) is 6.20 Å². The van der Waals surface area contributed by atoms with Gasteiger partial charge in [0.25, 0.3) is 0 Å². The summed E-state index contributed by atoms with van der Waals surface area (Å²) in [7, 11) is 0. The molecule has 0 amide bonds. The minimum Gasteiger partial charge on any atom is -0.459 e. The number of esters is 1. The van der Waals surface area contributed by atoms with E-state index in [9.17, 15) is 36.2 Å². The van der Waals surface area contributed by atoms with Crippen LogP contribution in [-0.2, 0) is 23.6 Å². The van der Waals surface area contributed by atoms with Crippen molar-refractivity contribution in [2.75, 3.05) is 34.3 Å². The van der Waals surface area contributed by atoms with Crippen LogP contribution < -0.4 is 14.7 Å². The molecule has 0 unspecified atom stereocenters. The maximum atomic E-state index is 14.0. The first-order chi connectivity index (χ1) is 27.7. The highest BCUT2D eigenvalue weighted by Crippen LogP contribution is 2.40. The summed E-state index contributed by atoms with van der Waals surface area (Å²) in [5, 5.41) is 10.3. The highest BCUT2D eigenvalue weighted by Gasteiger charge is 2.40. The second kappa shape index (κ2) is 17.3. The number of rotatable bonds is 10. The first kappa shape index (κ1) is 41.5. The SMILES string of the molecule is CC[C@@H]1C[C@H](N(Cc2cc(C(F)(F)F)cc(C(F)(F)F)c2)c2ncc(C3CCC(OC(=O)c4ccccc4)CC3)cn2)CN1c1nc(N2CCC(O)CC2)ncc1Cl. The lowest BCUT2D eigenvalue weighted by atomic mass is 9.84. The number of benzene rings is 2. The molecule has 4 aromatic rings. The van der Waals surface area contributed by atoms with Crippen LogP contribution in [0.5, 0.6) is 0 Å². The third-order valence-corrected chi connectivity index (χ3v) is 11.6. The molecule has 17 heteroatoms. The van der Waals surface area contributed by atoms with Crippen molar-refractivity contribution in [2.45, 2.75) is 107 Å². The molecular weight excluding hydrogens is 788 g/mol. The van der Waals surface area contributed by atoms with Crippen molar-refractivity contribution in [3.63, 3.8) is 0 Å². The van der Waals surface area contributed by atoms with E-state index in [-0.39, 0.29) is 54.7 Å². The van der Waals surface area contributed by atoms with Gasteiger partial charge in [0.2, 0.25) is 11.9 Å². The van der Waals surface area contributed by atoms with Crippen molar-refractivity contribution in [3.05, 3.63) is 100.0 Å². The van der Waals surface area contributed by atoms with E-state index in [1.54, 1.807) is 41.6 Å². The number of carbonyl (C=O) groups excluding carboxylic acids is 1. The van der Waals surface area contributed by atoms with E-state index < -0.39 is 35.6 Å². The second-order valence-electron chi connectivity index (χ2n) is 15.3. The topological polar surface area (TPSA) is 108 Å². The normalized spacial score (nSPS) is 21.9. The van der Waals surface area contributed by atoms with Gasteiger partial charge in [0, 0.05) is 44.6 Å². The number of aromatic nitrogens is 4. The van der Waals surface area contributed by atoms with Gasteiger partial charge >= 0.3 is 18.3 Å². The number of ether oxygens (including phenoxy) is 1. The number of anilines is 3. The number of aliphatic hydroxyl groups excluding tert-OH is 1. The third kappa shape index (κ3) is 9.60. The zero-order chi connectivity index (χ0) is 41.2. The summed E-state index contributed by atoms with van der Waals surface area (Å²) in [6.45, 7) is 3.04. The Balaban J connectivity index is 1.15. The molecule has 1 aliphatic carbocycles. The van der Waals surface area contributed by atoms with Gasteiger partial charge in [-0.1, -0.05) is 36.7 Å². The molecule has 7 rings (SSSR count). The van der Waals surface area contributed by atoms with Crippen LogP contribution in [0.1, 0.15) is 96.8 Å². The summed E-state index contributed by atoms with van der Waals surface area (Å²) < 4.78 is 89.5. The molecule has 1 N–H and O–H groups in total. The summed E-state index contributed by atoms with van der Waals surface area (Å²) in [5.41, 5.74) is -1.68. The Morgan fingerprint density at radius 1 is 0.897 bits per heavy atom. The summed E-state index contributed by atoms with van der Waals surface area (Å²) in [6, 6.07) is 9.78. The minimum absolute atomic E-state index is 0.0655. The predicted molar refractivity (Wildman–Crippen MR) is 206 cm³/mol. The second-order valence-corrected chi connectivity index (χ2v) is 15.7. The molecule has 0 spiro atoms. The quantitative estimate of drug-likeness (QED) is 0.123. The maximum absolute atomic E-state index is 14.0. The fourth-order valence-electron chi connectivity index (χ4n) is 8.20. The average molecular weight is 832 g/mol. The molecule has 10 nitrogen and oxygen atoms in total. The van der Waals surface area contributed by atoms with Crippen molar-refractivity contribution in [1.82, 2.24) is 19.9 Å². The van der Waals surface area contributed by atoms with Gasteiger partial charge in [-0.3, -0.25) is 0 Å². The summed E-state index contributed by atoms with van der Waals surface area (Å²) in [4.78, 5) is 36.9. The fraction of sp³-hybridized carbons (Fsp3) is 0.488. The van der Waals surface area contributed by atoms with Crippen LogP contribution in [-0.4, -0.2) is 74.9 Å². The minimum atomic E-state index is -5.01. The number of carbonyl (C=O) groups is 1. The summed E-state index contributed by atoms with van der Waals surface area (Å²) in [5.74, 6) is 0.763. The number of hydrogen-bond acceptors (Lipinski definition) is 10. The molecular formula is C41H44ClF6N7O3. The zero-order valence-electron chi connectivity index (χ0n) is 31.8. The lowest BCUT2D eigenvalue weighted by Gasteiger charge is -2.32. The Morgan fingerprint density at radius 3 is 2.14 bits per heavy atom. The van der Waals surface area contributed by atoms with Crippen molar-refractivity contribution < 1.29 is 41.0 Å². The standard InChI is InChI=1S/C41H44ClF6N7O3/c1-2-31-19-32(24-54(31)36-35(42)22-51-39(52-36)53-14-12-33(56)13-15-53)55(23-25-16-29(40(43,44)45)18-30(17-25)41(46,47)48)38-49-20-28(21-50-38)26-8-10-34(11-9-26)58-37(57)27-6-4-3-5-7-27/h3-7,16-18,20-22,26,31-34,56H,2,8-15,19,23-24H2,1H3/t26?,31-,32+,34?/m1/s1. The van der Waals surface area contributed by atoms with E-state index in [4.69, 9.17) is 21.3 Å². The molecule has 2 saturated heterocycles. The lowest BCUT2D eigenvalue weighted by molar-refractivity contribution is -0.143. The zero-order valence-corrected chi connectivity index (χ0v) is 32.5. The number of alkyl halides is 6. The first-order valence-electron chi connectivity index (χ1n) is 19.5. The predicted octanol–water partition coefficient (Wildman–Crippen LogP) is 8.87. The number of hydrogen-bond donors (Lipinski definition) is 1. The van der Waals surface area contributed by atoms with Gasteiger partial charge in [0.1, 0.15) is 11.1 Å². The fourth-order valence-corrected chi connectivity index (χ4v) is 8.40. The van der Waals surface area contributed by atoms with Crippen molar-refractivity contribution >= 4 is 35.3 Å². The molecule has 1 saturated carbocycles. The van der Waals surface area contributed by atoms with Crippen LogP contribution in [0.4, 0.5) is 44.1 Å². The smallest absolute Gasteiger partial charge is 0.416 e. The van der Waals surface area contributed by atoms with Gasteiger partial charge in [-0.2, -0.15) is 31.3 Å². The van der Waals surface area contributed by atoms with E-state index in [2.05, 4.69) is 15.0 Å². The monoisotopic (exact) mass is 831 g/mol. The third-order valence-electron chi connectivity index (χ3n) is 11.4. The highest BCUT2D eigenvalue weighted by atomic mass is 35.5. The molecule has 2 aromatic carbocycles. The molecule has 4 heterocycles. The molecule has 3 fully saturated rings. The van der Waals surface area contributed by atoms with Gasteiger partial charge in [0.15, 0.2) is 5.82 Å². The molecule has 2 aliphatic heterocycles. The molecule has 58 heavy (non-hydrogen) atoms. The maximum Gasteiger partial charge on any atom is 0.416 e. The van der Waals surface area contributed by atoms with E-state index in [1.807, 2.05) is 22.8 Å². The molecule has 0 bridgehead atoms. The van der Waals surface area contributed by atoms with Crippen LogP contribution in [0.3, 0.4) is 0 Å². The number of nitrogens with zero attached hydrogens (tertiary/aromatic N) is 7. The van der Waals surface area contributed by atoms with Crippen LogP contribution in [0.2, 0.25) is 5.02 Å². The van der Waals surface area contributed by atoms with Crippen molar-refractivity contribution in [2.24, 2.45) is 0 Å². The largest absolute Gasteiger partial charge is 0.459 e. The van der Waals surface area contributed by atoms with E-state index in [0.29, 0.717) is 86.8 Å². The van der Waals surface area contributed by atoms with Crippen LogP contribution >= 0.6 is 11.6 Å². The first-order valence-corrected chi connectivity index (χ1v) is 19.9. The average Bonchev–Trinajstić information content (AvgIpc) is 3.64. The molecule has 0 radical (unpaired) electrons. The van der Waals surface area contributed by atoms with Gasteiger partial charge < -0.3 is 24.5 Å². The van der Waals surface area contributed by atoms with E-state index >= 15 is 0 Å². The van der Waals surface area contributed by atoms with Gasteiger partial charge in [-0.05, 0) is 98.7 Å². The van der Waals surface area contributed by atoms with Gasteiger partial charge in [0.05, 0.1) is 35.0 Å². The van der Waals surface area contributed by atoms with Crippen LogP contribution in [0.25, 0.3) is 0 Å². The van der Waals surface area contributed by atoms with E-state index in [0.717, 1.165) is 17.7 Å². The van der Waals surface area contributed by atoms with Crippen molar-refractivity contribution in [1.29, 1.82) is 0 Å². The highest BCUT2D eigenvalue weighted by molar-refractivity contribution is 6.32. The summed E-state index contributed by atoms with van der Waals surface area (Å²) in [6.07, 6.45) is -0.892. The Hall–Kier alpha value is -4.70. The van der Waals surface area contributed by atoms with Gasteiger partial charge in [-0.25, -0.2) is 19.7 Å². The number of piperidine rings is 1. The van der Waals surface area contributed by atoms with Crippen LogP contribution in [0, 0.1) is 0 Å². The molecule has 310 valence electrons. The Kier molecular flexibility index (Phi) is 12.3. The van der Waals surface area contributed by atoms with Gasteiger partial charge in [-0.15, -0.1) is 0 Å².